The largest absolute Gasteiger partial charge is 0.397 e. The summed E-state index contributed by atoms with van der Waals surface area (Å²) in [5, 5.41) is 3.63. The van der Waals surface area contributed by atoms with Crippen LogP contribution in [0.25, 0.3) is 0 Å². The highest BCUT2D eigenvalue weighted by Crippen LogP contribution is 2.29. The van der Waals surface area contributed by atoms with Crippen LogP contribution in [0.2, 0.25) is 0 Å². The average Bonchev–Trinajstić information content (AvgIpc) is 2.39. The summed E-state index contributed by atoms with van der Waals surface area (Å²) in [5.74, 6) is 1.81. The molecule has 0 aliphatic heterocycles. The fourth-order valence-electron chi connectivity index (χ4n) is 3.01. The maximum absolute atomic E-state index is 5.74. The van der Waals surface area contributed by atoms with Gasteiger partial charge in [-0.1, -0.05) is 26.2 Å². The summed E-state index contributed by atoms with van der Waals surface area (Å²) in [4.78, 5) is 4.42. The lowest BCUT2D eigenvalue weighted by Gasteiger charge is -2.31. The predicted octanol–water partition coefficient (Wildman–Crippen LogP) is 3.74. The Labute approximate surface area is 110 Å². The number of hydrogen-bond acceptors (Lipinski definition) is 3. The maximum Gasteiger partial charge on any atom is 0.129 e. The summed E-state index contributed by atoms with van der Waals surface area (Å²) in [7, 11) is 0. The minimum absolute atomic E-state index is 0.556. The molecule has 1 fully saturated rings. The predicted molar refractivity (Wildman–Crippen MR) is 77.7 cm³/mol. The number of anilines is 2. The van der Waals surface area contributed by atoms with Gasteiger partial charge in [-0.15, -0.1) is 0 Å². The lowest BCUT2D eigenvalue weighted by Crippen LogP contribution is -2.30. The first-order valence-corrected chi connectivity index (χ1v) is 7.19. The van der Waals surface area contributed by atoms with E-state index in [-0.39, 0.29) is 0 Å². The molecule has 1 aliphatic carbocycles. The van der Waals surface area contributed by atoms with Crippen LogP contribution in [0.5, 0.6) is 0 Å². The molecule has 1 atom stereocenters. The fourth-order valence-corrected chi connectivity index (χ4v) is 3.01. The molecular weight excluding hydrogens is 222 g/mol. The molecule has 0 aromatic carbocycles. The van der Waals surface area contributed by atoms with E-state index in [0.29, 0.717) is 6.04 Å². The highest BCUT2D eigenvalue weighted by molar-refractivity contribution is 5.51. The first-order valence-electron chi connectivity index (χ1n) is 7.19. The number of aryl methyl sites for hydroxylation is 1. The van der Waals surface area contributed by atoms with Gasteiger partial charge in [0.2, 0.25) is 0 Å². The molecule has 1 unspecified atom stereocenters. The molecule has 0 radical (unpaired) electrons. The molecule has 100 valence electrons. The Kier molecular flexibility index (Phi) is 4.45. The van der Waals surface area contributed by atoms with Crippen LogP contribution in [0, 0.1) is 12.8 Å². The number of nitrogens with one attached hydrogen (secondary N) is 1. The second-order valence-electron chi connectivity index (χ2n) is 5.49. The van der Waals surface area contributed by atoms with Gasteiger partial charge in [-0.2, -0.15) is 0 Å². The third-order valence-corrected chi connectivity index (χ3v) is 4.08. The Hall–Kier alpha value is -1.25. The van der Waals surface area contributed by atoms with Crippen molar-refractivity contribution in [2.75, 3.05) is 11.1 Å². The topological polar surface area (TPSA) is 50.9 Å². The van der Waals surface area contributed by atoms with Gasteiger partial charge in [0.1, 0.15) is 5.82 Å². The summed E-state index contributed by atoms with van der Waals surface area (Å²) >= 11 is 0. The van der Waals surface area contributed by atoms with E-state index in [4.69, 9.17) is 5.73 Å². The molecular formula is C15H25N3. The van der Waals surface area contributed by atoms with Crippen LogP contribution < -0.4 is 11.1 Å². The molecule has 18 heavy (non-hydrogen) atoms. The van der Waals surface area contributed by atoms with Gasteiger partial charge >= 0.3 is 0 Å². The summed E-state index contributed by atoms with van der Waals surface area (Å²) in [6.45, 7) is 4.33. The zero-order valence-corrected chi connectivity index (χ0v) is 11.6. The monoisotopic (exact) mass is 247 g/mol. The van der Waals surface area contributed by atoms with Gasteiger partial charge < -0.3 is 11.1 Å². The zero-order valence-electron chi connectivity index (χ0n) is 11.6. The van der Waals surface area contributed by atoms with Gasteiger partial charge in [0.05, 0.1) is 11.9 Å². The van der Waals surface area contributed by atoms with E-state index >= 15 is 0 Å². The first-order chi connectivity index (χ1) is 8.70. The minimum Gasteiger partial charge on any atom is -0.397 e. The molecule has 0 spiro atoms. The fraction of sp³-hybridized carbons (Fsp3) is 0.667. The van der Waals surface area contributed by atoms with Crippen molar-refractivity contribution in [1.29, 1.82) is 0 Å². The second-order valence-corrected chi connectivity index (χ2v) is 5.49. The Morgan fingerprint density at radius 2 is 2.11 bits per heavy atom. The number of rotatable bonds is 4. The number of nitrogens with two attached hydrogens (primary N) is 1. The highest BCUT2D eigenvalue weighted by Gasteiger charge is 2.22. The lowest BCUT2D eigenvalue weighted by atomic mass is 9.83. The van der Waals surface area contributed by atoms with Crippen molar-refractivity contribution in [2.24, 2.45) is 5.92 Å². The molecule has 3 nitrogen and oxygen atoms in total. The van der Waals surface area contributed by atoms with Gasteiger partial charge in [0.15, 0.2) is 0 Å². The van der Waals surface area contributed by atoms with Crippen molar-refractivity contribution in [2.45, 2.75) is 58.4 Å². The van der Waals surface area contributed by atoms with Crippen LogP contribution in [-0.2, 0) is 0 Å². The molecule has 1 saturated carbocycles. The van der Waals surface area contributed by atoms with Gasteiger partial charge in [-0.3, -0.25) is 0 Å². The van der Waals surface area contributed by atoms with Crippen LogP contribution in [0.4, 0.5) is 11.5 Å². The van der Waals surface area contributed by atoms with E-state index < -0.39 is 0 Å². The van der Waals surface area contributed by atoms with E-state index in [1.54, 1.807) is 6.20 Å². The molecule has 0 saturated heterocycles. The number of hydrogen-bond donors (Lipinski definition) is 2. The van der Waals surface area contributed by atoms with E-state index in [9.17, 15) is 0 Å². The van der Waals surface area contributed by atoms with Crippen molar-refractivity contribution in [1.82, 2.24) is 4.98 Å². The van der Waals surface area contributed by atoms with E-state index in [0.717, 1.165) is 29.4 Å². The van der Waals surface area contributed by atoms with Crippen LogP contribution >= 0.6 is 0 Å². The molecule has 0 amide bonds. The molecule has 3 N–H and O–H groups in total. The number of aromatic nitrogens is 1. The van der Waals surface area contributed by atoms with Gasteiger partial charge in [-0.25, -0.2) is 4.98 Å². The number of pyridine rings is 1. The first kappa shape index (κ1) is 13.2. The van der Waals surface area contributed by atoms with E-state index in [1.807, 2.05) is 6.07 Å². The molecule has 1 heterocycles. The summed E-state index contributed by atoms with van der Waals surface area (Å²) in [6.07, 6.45) is 9.80. The van der Waals surface area contributed by atoms with Gasteiger partial charge in [0, 0.05) is 6.04 Å². The average molecular weight is 247 g/mol. The molecule has 3 heteroatoms. The number of nitrogens with zero attached hydrogens (tertiary/aromatic N) is 1. The highest BCUT2D eigenvalue weighted by atomic mass is 15.0. The number of nitrogen functional groups attached to an aromatic ring is 1. The van der Waals surface area contributed by atoms with Crippen LogP contribution in [0.15, 0.2) is 12.3 Å². The van der Waals surface area contributed by atoms with Crippen LogP contribution in [0.3, 0.4) is 0 Å². The quantitative estimate of drug-likeness (QED) is 0.852. The van der Waals surface area contributed by atoms with Crippen molar-refractivity contribution in [3.05, 3.63) is 17.8 Å². The minimum atomic E-state index is 0.556. The van der Waals surface area contributed by atoms with Crippen molar-refractivity contribution in [3.63, 3.8) is 0 Å². The Morgan fingerprint density at radius 3 is 2.72 bits per heavy atom. The lowest BCUT2D eigenvalue weighted by molar-refractivity contribution is 0.312. The Morgan fingerprint density at radius 1 is 1.39 bits per heavy atom. The van der Waals surface area contributed by atoms with Crippen molar-refractivity contribution < 1.29 is 0 Å². The third kappa shape index (κ3) is 3.15. The summed E-state index contributed by atoms with van der Waals surface area (Å²) < 4.78 is 0. The smallest absolute Gasteiger partial charge is 0.129 e. The summed E-state index contributed by atoms with van der Waals surface area (Å²) in [6, 6.07) is 2.54. The molecule has 1 aliphatic rings. The molecule has 1 aromatic heterocycles. The van der Waals surface area contributed by atoms with Crippen LogP contribution in [0.1, 0.15) is 51.0 Å². The van der Waals surface area contributed by atoms with Crippen molar-refractivity contribution in [3.8, 4) is 0 Å². The van der Waals surface area contributed by atoms with E-state index in [1.165, 1.54) is 32.1 Å². The SMILES string of the molecule is CCC(Nc1ncc(N)cc1C)C1CCCCC1. The molecule has 2 rings (SSSR count). The third-order valence-electron chi connectivity index (χ3n) is 4.08. The maximum atomic E-state index is 5.74. The molecule has 1 aromatic rings. The summed E-state index contributed by atoms with van der Waals surface area (Å²) in [5.41, 5.74) is 7.63. The normalized spacial score (nSPS) is 18.6. The Balaban J connectivity index is 2.04. The van der Waals surface area contributed by atoms with Crippen molar-refractivity contribution >= 4 is 11.5 Å². The zero-order chi connectivity index (χ0) is 13.0. The second kappa shape index (κ2) is 6.07. The molecule has 0 bridgehead atoms. The van der Waals surface area contributed by atoms with Gasteiger partial charge in [0.25, 0.3) is 0 Å². The van der Waals surface area contributed by atoms with E-state index in [2.05, 4.69) is 24.1 Å². The standard InChI is InChI=1S/C15H25N3/c1-3-14(12-7-5-4-6-8-12)18-15-11(2)9-13(16)10-17-15/h9-10,12,14H,3-8,16H2,1-2H3,(H,17,18). The van der Waals surface area contributed by atoms with Crippen LogP contribution in [-0.4, -0.2) is 11.0 Å². The Bertz CT molecular complexity index is 383. The van der Waals surface area contributed by atoms with Gasteiger partial charge in [-0.05, 0) is 43.7 Å².